The van der Waals surface area contributed by atoms with Crippen LogP contribution in [0.25, 0.3) is 15.3 Å². The van der Waals surface area contributed by atoms with E-state index in [2.05, 4.69) is 15.2 Å². The summed E-state index contributed by atoms with van der Waals surface area (Å²) in [5, 5.41) is 3.71. The number of nitrogens with zero attached hydrogens (tertiary/aromatic N) is 4. The molecule has 35 heavy (non-hydrogen) atoms. The van der Waals surface area contributed by atoms with Crippen molar-refractivity contribution in [2.24, 2.45) is 0 Å². The van der Waals surface area contributed by atoms with Gasteiger partial charge in [-0.2, -0.15) is 0 Å². The van der Waals surface area contributed by atoms with Gasteiger partial charge < -0.3 is 24.4 Å². The Labute approximate surface area is 207 Å². The van der Waals surface area contributed by atoms with Crippen molar-refractivity contribution < 1.29 is 14.3 Å². The molecule has 5 rings (SSSR count). The summed E-state index contributed by atoms with van der Waals surface area (Å²) < 4.78 is 8.34. The maximum Gasteiger partial charge on any atom is 0.251 e. The number of thiazole rings is 1. The van der Waals surface area contributed by atoms with Crippen molar-refractivity contribution in [2.75, 3.05) is 38.2 Å². The van der Waals surface area contributed by atoms with Crippen LogP contribution in [-0.4, -0.2) is 65.6 Å². The van der Waals surface area contributed by atoms with Gasteiger partial charge in [0.25, 0.3) is 5.91 Å². The average Bonchev–Trinajstić information content (AvgIpc) is 3.58. The van der Waals surface area contributed by atoms with Gasteiger partial charge in [-0.25, -0.2) is 4.98 Å². The minimum Gasteiger partial charge on any atom is -0.495 e. The standard InChI is InChI=1S/C26H27N5O3S/c1-18(25(33)30-15-13-29(14-16-30)21-7-3-4-8-22(21)34-2)27-24(32)19-9-10-20-23(17-19)35-26(28-20)31-11-5-6-12-31/h3-12,17-18H,13-16H2,1-2H3,(H,27,32)/t18-/m0/s1. The van der Waals surface area contributed by atoms with E-state index in [-0.39, 0.29) is 11.8 Å². The number of carbonyl (C=O) groups is 2. The number of amides is 2. The predicted octanol–water partition coefficient (Wildman–Crippen LogP) is 3.56. The maximum absolute atomic E-state index is 13.0. The summed E-state index contributed by atoms with van der Waals surface area (Å²) in [5.41, 5.74) is 2.38. The first kappa shape index (κ1) is 22.9. The van der Waals surface area contributed by atoms with Crippen molar-refractivity contribution in [3.8, 4) is 10.9 Å². The van der Waals surface area contributed by atoms with Gasteiger partial charge >= 0.3 is 0 Å². The zero-order valence-corrected chi connectivity index (χ0v) is 20.5. The molecular weight excluding hydrogens is 462 g/mol. The number of rotatable bonds is 6. The molecule has 1 atom stereocenters. The topological polar surface area (TPSA) is 79.7 Å². The smallest absolute Gasteiger partial charge is 0.251 e. The van der Waals surface area contributed by atoms with Gasteiger partial charge in [-0.3, -0.25) is 9.59 Å². The lowest BCUT2D eigenvalue weighted by Gasteiger charge is -2.37. The van der Waals surface area contributed by atoms with E-state index in [9.17, 15) is 9.59 Å². The Morgan fingerprint density at radius 2 is 1.77 bits per heavy atom. The number of piperazine rings is 1. The van der Waals surface area contributed by atoms with Crippen LogP contribution in [0.4, 0.5) is 5.69 Å². The van der Waals surface area contributed by atoms with Crippen LogP contribution in [0, 0.1) is 0 Å². The normalized spacial score (nSPS) is 14.7. The van der Waals surface area contributed by atoms with E-state index in [1.54, 1.807) is 20.1 Å². The molecule has 9 heteroatoms. The van der Waals surface area contributed by atoms with Crippen molar-refractivity contribution in [1.82, 2.24) is 19.8 Å². The summed E-state index contributed by atoms with van der Waals surface area (Å²) in [5.74, 6) is 0.481. The minimum absolute atomic E-state index is 0.0770. The highest BCUT2D eigenvalue weighted by molar-refractivity contribution is 7.20. The second-order valence-corrected chi connectivity index (χ2v) is 9.46. The van der Waals surface area contributed by atoms with Crippen LogP contribution in [0.2, 0.25) is 0 Å². The highest BCUT2D eigenvalue weighted by Gasteiger charge is 2.27. The molecular formula is C26H27N5O3S. The third-order valence-corrected chi connectivity index (χ3v) is 7.23. The fourth-order valence-corrected chi connectivity index (χ4v) is 5.27. The largest absolute Gasteiger partial charge is 0.495 e. The van der Waals surface area contributed by atoms with Crippen LogP contribution in [0.1, 0.15) is 17.3 Å². The Hall–Kier alpha value is -3.85. The fraction of sp³-hybridized carbons (Fsp3) is 0.269. The van der Waals surface area contributed by atoms with Crippen molar-refractivity contribution >= 4 is 39.1 Å². The van der Waals surface area contributed by atoms with Crippen molar-refractivity contribution in [2.45, 2.75) is 13.0 Å². The number of para-hydroxylation sites is 2. The van der Waals surface area contributed by atoms with E-state index >= 15 is 0 Å². The van der Waals surface area contributed by atoms with E-state index in [0.29, 0.717) is 31.7 Å². The average molecular weight is 490 g/mol. The monoisotopic (exact) mass is 489 g/mol. The lowest BCUT2D eigenvalue weighted by Crippen LogP contribution is -2.54. The molecule has 0 saturated carbocycles. The number of methoxy groups -OCH3 is 1. The first-order valence-electron chi connectivity index (χ1n) is 11.5. The molecule has 4 aromatic rings. The maximum atomic E-state index is 13.0. The highest BCUT2D eigenvalue weighted by atomic mass is 32.1. The van der Waals surface area contributed by atoms with Crippen molar-refractivity contribution in [3.63, 3.8) is 0 Å². The second kappa shape index (κ2) is 9.79. The van der Waals surface area contributed by atoms with Gasteiger partial charge in [-0.15, -0.1) is 0 Å². The van der Waals surface area contributed by atoms with Gasteiger partial charge in [0, 0.05) is 44.1 Å². The third-order valence-electron chi connectivity index (χ3n) is 6.20. The highest BCUT2D eigenvalue weighted by Crippen LogP contribution is 2.29. The summed E-state index contributed by atoms with van der Waals surface area (Å²) in [6, 6.07) is 16.6. The number of hydrogen-bond acceptors (Lipinski definition) is 6. The lowest BCUT2D eigenvalue weighted by atomic mass is 10.1. The second-order valence-electron chi connectivity index (χ2n) is 8.45. The first-order chi connectivity index (χ1) is 17.0. The number of aromatic nitrogens is 2. The zero-order chi connectivity index (χ0) is 24.4. The molecule has 0 unspecified atom stereocenters. The number of nitrogens with one attached hydrogen (secondary N) is 1. The number of benzene rings is 2. The van der Waals surface area contributed by atoms with Gasteiger partial charge in [0.2, 0.25) is 5.91 Å². The minimum atomic E-state index is -0.618. The Balaban J connectivity index is 1.20. The predicted molar refractivity (Wildman–Crippen MR) is 138 cm³/mol. The Morgan fingerprint density at radius 1 is 1.03 bits per heavy atom. The molecule has 0 spiro atoms. The summed E-state index contributed by atoms with van der Waals surface area (Å²) in [6.07, 6.45) is 3.88. The first-order valence-corrected chi connectivity index (χ1v) is 12.4. The van der Waals surface area contributed by atoms with E-state index < -0.39 is 6.04 Å². The molecule has 1 N–H and O–H groups in total. The fourth-order valence-electron chi connectivity index (χ4n) is 4.30. The molecule has 1 aliphatic heterocycles. The summed E-state index contributed by atoms with van der Waals surface area (Å²) >= 11 is 1.52. The molecule has 8 nitrogen and oxygen atoms in total. The van der Waals surface area contributed by atoms with Gasteiger partial charge in [-0.1, -0.05) is 23.5 Å². The van der Waals surface area contributed by atoms with Gasteiger partial charge in [0.05, 0.1) is 23.0 Å². The molecule has 2 aromatic heterocycles. The molecule has 1 fully saturated rings. The summed E-state index contributed by atoms with van der Waals surface area (Å²) in [6.45, 7) is 4.33. The quantitative estimate of drug-likeness (QED) is 0.448. The zero-order valence-electron chi connectivity index (χ0n) is 19.7. The van der Waals surface area contributed by atoms with Crippen LogP contribution in [0.3, 0.4) is 0 Å². The molecule has 0 aliphatic carbocycles. The number of hydrogen-bond donors (Lipinski definition) is 1. The van der Waals surface area contributed by atoms with E-state index in [4.69, 9.17) is 4.74 Å². The number of fused-ring (bicyclic) bond motifs is 1. The molecule has 2 amide bonds. The van der Waals surface area contributed by atoms with Crippen LogP contribution in [-0.2, 0) is 4.79 Å². The van der Waals surface area contributed by atoms with E-state index in [1.807, 2.05) is 70.4 Å². The van der Waals surface area contributed by atoms with Crippen LogP contribution < -0.4 is 15.0 Å². The van der Waals surface area contributed by atoms with Crippen LogP contribution in [0.5, 0.6) is 5.75 Å². The van der Waals surface area contributed by atoms with Crippen LogP contribution in [0.15, 0.2) is 67.0 Å². The molecule has 2 aromatic carbocycles. The van der Waals surface area contributed by atoms with Crippen molar-refractivity contribution in [1.29, 1.82) is 0 Å². The Bertz CT molecular complexity index is 1340. The summed E-state index contributed by atoms with van der Waals surface area (Å²) in [4.78, 5) is 34.6. The van der Waals surface area contributed by atoms with Crippen LogP contribution >= 0.6 is 11.3 Å². The molecule has 3 heterocycles. The summed E-state index contributed by atoms with van der Waals surface area (Å²) in [7, 11) is 1.66. The van der Waals surface area contributed by atoms with E-state index in [1.165, 1.54) is 11.3 Å². The lowest BCUT2D eigenvalue weighted by molar-refractivity contribution is -0.133. The third kappa shape index (κ3) is 4.72. The SMILES string of the molecule is COc1ccccc1N1CCN(C(=O)[C@H](C)NC(=O)c2ccc3nc(-n4cccc4)sc3c2)CC1. The molecule has 0 radical (unpaired) electrons. The van der Waals surface area contributed by atoms with Crippen molar-refractivity contribution in [3.05, 3.63) is 72.6 Å². The molecule has 1 aliphatic rings. The van der Waals surface area contributed by atoms with Gasteiger partial charge in [0.1, 0.15) is 11.8 Å². The molecule has 180 valence electrons. The van der Waals surface area contributed by atoms with E-state index in [0.717, 1.165) is 26.8 Å². The molecule has 1 saturated heterocycles. The Kier molecular flexibility index (Phi) is 6.41. The number of carbonyl (C=O) groups excluding carboxylic acids is 2. The molecule has 0 bridgehead atoms. The number of anilines is 1. The Morgan fingerprint density at radius 3 is 2.51 bits per heavy atom. The number of ether oxygens (including phenoxy) is 1. The van der Waals surface area contributed by atoms with Gasteiger partial charge in [0.15, 0.2) is 5.13 Å². The van der Waals surface area contributed by atoms with Gasteiger partial charge in [-0.05, 0) is 49.4 Å².